The van der Waals surface area contributed by atoms with Gasteiger partial charge in [-0.2, -0.15) is 0 Å². The second kappa shape index (κ2) is 7.22. The molecule has 0 bridgehead atoms. The summed E-state index contributed by atoms with van der Waals surface area (Å²) in [5.41, 5.74) is 0.929. The first kappa shape index (κ1) is 16.7. The van der Waals surface area contributed by atoms with Crippen LogP contribution in [0.3, 0.4) is 0 Å². The molecule has 5 heteroatoms. The van der Waals surface area contributed by atoms with Gasteiger partial charge in [-0.15, -0.1) is 0 Å². The number of hydrogen-bond acceptors (Lipinski definition) is 4. The maximum absolute atomic E-state index is 12.7. The van der Waals surface area contributed by atoms with Crippen LogP contribution in [0.15, 0.2) is 65.3 Å². The number of amides is 1. The Morgan fingerprint density at radius 1 is 1.15 bits per heavy atom. The first-order valence-corrected chi connectivity index (χ1v) is 8.85. The number of aliphatic hydroxyl groups is 1. The molecule has 1 fully saturated rings. The second-order valence-electron chi connectivity index (χ2n) is 6.58. The predicted octanol–water partition coefficient (Wildman–Crippen LogP) is 4.27. The van der Waals surface area contributed by atoms with Crippen LogP contribution < -0.4 is 0 Å². The van der Waals surface area contributed by atoms with E-state index in [0.29, 0.717) is 18.7 Å². The minimum absolute atomic E-state index is 0.206. The topological polar surface area (TPSA) is 62.9 Å². The molecule has 0 unspecified atom stereocenters. The fourth-order valence-electron chi connectivity index (χ4n) is 3.54. The van der Waals surface area contributed by atoms with Gasteiger partial charge in [-0.05, 0) is 18.4 Å². The van der Waals surface area contributed by atoms with Gasteiger partial charge in [-0.3, -0.25) is 4.90 Å². The van der Waals surface area contributed by atoms with Gasteiger partial charge in [0.2, 0.25) is 0 Å². The summed E-state index contributed by atoms with van der Waals surface area (Å²) in [6.45, 7) is 0.738. The number of fused-ring (bicyclic) bond motifs is 1. The van der Waals surface area contributed by atoms with E-state index in [1.165, 1.54) is 0 Å². The van der Waals surface area contributed by atoms with Gasteiger partial charge >= 0.3 is 6.09 Å². The number of nitrogens with zero attached hydrogens (tertiary/aromatic N) is 1. The number of benzene rings is 2. The normalized spacial score (nSPS) is 20.3. The molecule has 3 aromatic rings. The summed E-state index contributed by atoms with van der Waals surface area (Å²) in [6.07, 6.45) is 1.92. The minimum Gasteiger partial charge on any atom is -0.466 e. The van der Waals surface area contributed by atoms with Crippen molar-refractivity contribution in [2.24, 2.45) is 0 Å². The Morgan fingerprint density at radius 3 is 2.77 bits per heavy atom. The van der Waals surface area contributed by atoms with E-state index in [1.807, 2.05) is 54.6 Å². The van der Waals surface area contributed by atoms with Crippen molar-refractivity contribution in [3.8, 4) is 0 Å². The molecule has 0 spiro atoms. The molecule has 2 aromatic carbocycles. The second-order valence-corrected chi connectivity index (χ2v) is 6.58. The molecule has 0 saturated carbocycles. The van der Waals surface area contributed by atoms with E-state index in [1.54, 1.807) is 11.2 Å². The molecule has 1 aliphatic rings. The Labute approximate surface area is 151 Å². The largest absolute Gasteiger partial charge is 0.466 e. The zero-order valence-electron chi connectivity index (χ0n) is 14.4. The third kappa shape index (κ3) is 3.18. The van der Waals surface area contributed by atoms with Gasteiger partial charge in [0.15, 0.2) is 0 Å². The standard InChI is InChI=1S/C21H21NO4/c23-18-11-6-12-22(21(24)26-13-15-7-2-1-3-8-15)19(18)20-17-10-5-4-9-16(17)14-25-20/h1-5,7-10,14,18-19,23H,6,11-13H2/t18-,19+/m0/s1. The Morgan fingerprint density at radius 2 is 1.92 bits per heavy atom. The molecule has 1 amide bonds. The van der Waals surface area contributed by atoms with E-state index in [2.05, 4.69) is 0 Å². The molecule has 4 rings (SSSR count). The molecule has 2 atom stereocenters. The molecule has 2 heterocycles. The zero-order valence-corrected chi connectivity index (χ0v) is 14.4. The van der Waals surface area contributed by atoms with Gasteiger partial charge < -0.3 is 14.3 Å². The van der Waals surface area contributed by atoms with Crippen LogP contribution in [-0.4, -0.2) is 28.7 Å². The summed E-state index contributed by atoms with van der Waals surface area (Å²) < 4.78 is 11.2. The van der Waals surface area contributed by atoms with Gasteiger partial charge in [0.05, 0.1) is 12.4 Å². The summed E-state index contributed by atoms with van der Waals surface area (Å²) in [7, 11) is 0. The molecule has 1 saturated heterocycles. The fourth-order valence-corrected chi connectivity index (χ4v) is 3.54. The van der Waals surface area contributed by atoms with Crippen LogP contribution in [0.1, 0.15) is 30.2 Å². The maximum atomic E-state index is 12.7. The van der Waals surface area contributed by atoms with Crippen molar-refractivity contribution >= 4 is 16.9 Å². The molecule has 1 N–H and O–H groups in total. The number of hydrogen-bond donors (Lipinski definition) is 1. The smallest absolute Gasteiger partial charge is 0.410 e. The van der Waals surface area contributed by atoms with Crippen LogP contribution in [0.25, 0.3) is 10.8 Å². The van der Waals surface area contributed by atoms with E-state index >= 15 is 0 Å². The highest BCUT2D eigenvalue weighted by Crippen LogP contribution is 2.36. The monoisotopic (exact) mass is 351 g/mol. The lowest BCUT2D eigenvalue weighted by molar-refractivity contribution is -0.00477. The van der Waals surface area contributed by atoms with Crippen LogP contribution in [0, 0.1) is 0 Å². The number of carbonyl (C=O) groups is 1. The highest BCUT2D eigenvalue weighted by molar-refractivity contribution is 5.85. The van der Waals surface area contributed by atoms with E-state index in [9.17, 15) is 9.90 Å². The summed E-state index contributed by atoms with van der Waals surface area (Å²) in [4.78, 5) is 14.3. The highest BCUT2D eigenvalue weighted by Gasteiger charge is 2.38. The first-order chi connectivity index (χ1) is 12.7. The lowest BCUT2D eigenvalue weighted by Crippen LogP contribution is -2.45. The molecule has 26 heavy (non-hydrogen) atoms. The average Bonchev–Trinajstić information content (AvgIpc) is 3.10. The van der Waals surface area contributed by atoms with Crippen LogP contribution in [0.4, 0.5) is 4.79 Å². The van der Waals surface area contributed by atoms with Crippen molar-refractivity contribution in [1.29, 1.82) is 0 Å². The lowest BCUT2D eigenvalue weighted by atomic mass is 9.95. The van der Waals surface area contributed by atoms with Crippen LogP contribution >= 0.6 is 0 Å². The van der Waals surface area contributed by atoms with Crippen molar-refractivity contribution in [2.45, 2.75) is 31.6 Å². The summed E-state index contributed by atoms with van der Waals surface area (Å²) >= 11 is 0. The molecule has 1 aromatic heterocycles. The minimum atomic E-state index is -0.678. The maximum Gasteiger partial charge on any atom is 0.410 e. The van der Waals surface area contributed by atoms with Gasteiger partial charge in [0, 0.05) is 17.3 Å². The van der Waals surface area contributed by atoms with Gasteiger partial charge in [0.1, 0.15) is 18.4 Å². The summed E-state index contributed by atoms with van der Waals surface area (Å²) in [5, 5.41) is 12.5. The van der Waals surface area contributed by atoms with Crippen LogP contribution in [0.5, 0.6) is 0 Å². The third-order valence-electron chi connectivity index (χ3n) is 4.85. The van der Waals surface area contributed by atoms with Crippen LogP contribution in [-0.2, 0) is 11.3 Å². The highest BCUT2D eigenvalue weighted by atomic mass is 16.6. The van der Waals surface area contributed by atoms with E-state index < -0.39 is 18.2 Å². The van der Waals surface area contributed by atoms with E-state index in [-0.39, 0.29) is 6.61 Å². The molecule has 134 valence electrons. The number of rotatable bonds is 3. The van der Waals surface area contributed by atoms with Crippen molar-refractivity contribution in [3.63, 3.8) is 0 Å². The Kier molecular flexibility index (Phi) is 4.63. The average molecular weight is 351 g/mol. The number of aliphatic hydroxyl groups excluding tert-OH is 1. The van der Waals surface area contributed by atoms with E-state index in [0.717, 1.165) is 22.8 Å². The van der Waals surface area contributed by atoms with E-state index in [4.69, 9.17) is 9.15 Å². The SMILES string of the molecule is O=C(OCc1ccccc1)N1CCC[C@H](O)[C@@H]1c1occ2ccccc12. The number of furan rings is 1. The molecule has 1 aliphatic heterocycles. The van der Waals surface area contributed by atoms with Gasteiger partial charge in [-0.1, -0.05) is 54.6 Å². The van der Waals surface area contributed by atoms with Gasteiger partial charge in [0.25, 0.3) is 0 Å². The molecular formula is C21H21NO4. The molecule has 0 radical (unpaired) electrons. The summed E-state index contributed by atoms with van der Waals surface area (Å²) in [6, 6.07) is 16.8. The van der Waals surface area contributed by atoms with Crippen molar-refractivity contribution in [3.05, 3.63) is 72.2 Å². The van der Waals surface area contributed by atoms with Gasteiger partial charge in [-0.25, -0.2) is 4.79 Å². The number of ether oxygens (including phenoxy) is 1. The zero-order chi connectivity index (χ0) is 17.9. The molecule has 5 nitrogen and oxygen atoms in total. The fraction of sp³-hybridized carbons (Fsp3) is 0.286. The number of likely N-dealkylation sites (tertiary alicyclic amines) is 1. The molecule has 0 aliphatic carbocycles. The quantitative estimate of drug-likeness (QED) is 0.765. The Balaban J connectivity index is 1.58. The Bertz CT molecular complexity index is 889. The van der Waals surface area contributed by atoms with Crippen LogP contribution in [0.2, 0.25) is 0 Å². The first-order valence-electron chi connectivity index (χ1n) is 8.85. The predicted molar refractivity (Wildman–Crippen MR) is 97.5 cm³/mol. The summed E-state index contributed by atoms with van der Waals surface area (Å²) in [5.74, 6) is 0.615. The number of piperidine rings is 1. The number of carbonyl (C=O) groups excluding carboxylic acids is 1. The van der Waals surface area contributed by atoms with Crippen molar-refractivity contribution in [2.75, 3.05) is 6.54 Å². The van der Waals surface area contributed by atoms with Crippen molar-refractivity contribution < 1.29 is 19.1 Å². The molecular weight excluding hydrogens is 330 g/mol. The Hall–Kier alpha value is -2.79. The van der Waals surface area contributed by atoms with Crippen molar-refractivity contribution in [1.82, 2.24) is 4.90 Å². The third-order valence-corrected chi connectivity index (χ3v) is 4.85. The lowest BCUT2D eigenvalue weighted by Gasteiger charge is -2.37.